The zero-order valence-corrected chi connectivity index (χ0v) is 17.5. The molecule has 1 amide bonds. The number of aromatic nitrogens is 4. The minimum atomic E-state index is -2.85. The van der Waals surface area contributed by atoms with Crippen LogP contribution in [-0.4, -0.2) is 49.6 Å². The number of amides is 1. The van der Waals surface area contributed by atoms with Gasteiger partial charge in [0.2, 0.25) is 0 Å². The number of pyridine rings is 2. The third-order valence-corrected chi connectivity index (χ3v) is 5.73. The van der Waals surface area contributed by atoms with Crippen LogP contribution in [0, 0.1) is 0 Å². The minimum absolute atomic E-state index is 0.162. The Morgan fingerprint density at radius 3 is 2.50 bits per heavy atom. The SMILES string of the molecule is Cn1cc(-c2ccc(-c3cncc4ccc(C(=O)N5CCCC(F)(F)C5)nc34)cc2)cn1. The number of halogens is 2. The Bertz CT molecular complexity index is 1300. The fourth-order valence-electron chi connectivity index (χ4n) is 4.09. The van der Waals surface area contributed by atoms with Gasteiger partial charge in [-0.2, -0.15) is 5.10 Å². The molecular weight excluding hydrogens is 412 g/mol. The summed E-state index contributed by atoms with van der Waals surface area (Å²) < 4.78 is 29.3. The summed E-state index contributed by atoms with van der Waals surface area (Å²) in [7, 11) is 1.87. The highest BCUT2D eigenvalue weighted by molar-refractivity contribution is 5.98. The first-order valence-electron chi connectivity index (χ1n) is 10.4. The van der Waals surface area contributed by atoms with Crippen molar-refractivity contribution in [1.29, 1.82) is 0 Å². The number of likely N-dealkylation sites (tertiary alicyclic amines) is 1. The van der Waals surface area contributed by atoms with E-state index in [0.717, 1.165) is 27.6 Å². The van der Waals surface area contributed by atoms with E-state index in [1.165, 1.54) is 4.90 Å². The van der Waals surface area contributed by atoms with Crippen LogP contribution >= 0.6 is 0 Å². The molecule has 4 heterocycles. The number of alkyl halides is 2. The topological polar surface area (TPSA) is 63.9 Å². The fourth-order valence-corrected chi connectivity index (χ4v) is 4.09. The van der Waals surface area contributed by atoms with E-state index in [1.807, 2.05) is 37.5 Å². The number of rotatable bonds is 3. The molecule has 0 unspecified atom stereocenters. The summed E-state index contributed by atoms with van der Waals surface area (Å²) in [5, 5.41) is 4.98. The largest absolute Gasteiger partial charge is 0.331 e. The molecule has 1 aromatic carbocycles. The van der Waals surface area contributed by atoms with Crippen LogP contribution in [0.15, 0.2) is 61.2 Å². The molecule has 3 aromatic heterocycles. The second-order valence-electron chi connectivity index (χ2n) is 8.12. The molecule has 5 rings (SSSR count). The van der Waals surface area contributed by atoms with E-state index in [-0.39, 0.29) is 18.5 Å². The normalized spacial score (nSPS) is 15.8. The predicted molar refractivity (Wildman–Crippen MR) is 117 cm³/mol. The number of carbonyl (C=O) groups excluding carboxylic acids is 1. The summed E-state index contributed by atoms with van der Waals surface area (Å²) >= 11 is 0. The van der Waals surface area contributed by atoms with Gasteiger partial charge in [-0.3, -0.25) is 14.5 Å². The van der Waals surface area contributed by atoms with Gasteiger partial charge in [0.1, 0.15) is 5.69 Å². The average Bonchev–Trinajstić information content (AvgIpc) is 3.23. The van der Waals surface area contributed by atoms with Gasteiger partial charge in [-0.15, -0.1) is 0 Å². The summed E-state index contributed by atoms with van der Waals surface area (Å²) in [6, 6.07) is 11.3. The fraction of sp³-hybridized carbons (Fsp3) is 0.250. The maximum atomic E-state index is 13.8. The van der Waals surface area contributed by atoms with Gasteiger partial charge in [-0.25, -0.2) is 13.8 Å². The molecule has 1 fully saturated rings. The van der Waals surface area contributed by atoms with Crippen molar-refractivity contribution >= 4 is 16.8 Å². The highest BCUT2D eigenvalue weighted by Gasteiger charge is 2.37. The number of carbonyl (C=O) groups is 1. The van der Waals surface area contributed by atoms with Crippen LogP contribution in [0.25, 0.3) is 33.2 Å². The number of benzene rings is 1. The van der Waals surface area contributed by atoms with Crippen LogP contribution in [0.3, 0.4) is 0 Å². The van der Waals surface area contributed by atoms with Gasteiger partial charge in [0.25, 0.3) is 11.8 Å². The molecule has 32 heavy (non-hydrogen) atoms. The maximum absolute atomic E-state index is 13.8. The molecule has 1 aliphatic rings. The van der Waals surface area contributed by atoms with Gasteiger partial charge < -0.3 is 4.90 Å². The summed E-state index contributed by atoms with van der Waals surface area (Å²) in [5.41, 5.74) is 4.50. The van der Waals surface area contributed by atoms with Gasteiger partial charge >= 0.3 is 0 Å². The van der Waals surface area contributed by atoms with E-state index in [0.29, 0.717) is 12.1 Å². The summed E-state index contributed by atoms with van der Waals surface area (Å²) in [5.74, 6) is -3.32. The molecule has 0 N–H and O–H groups in total. The number of aryl methyl sites for hydroxylation is 1. The van der Waals surface area contributed by atoms with Crippen molar-refractivity contribution in [3.8, 4) is 22.3 Å². The Kier molecular flexibility index (Phi) is 4.92. The summed E-state index contributed by atoms with van der Waals surface area (Å²) in [6.45, 7) is -0.252. The molecule has 1 aliphatic heterocycles. The van der Waals surface area contributed by atoms with Crippen LogP contribution in [0.4, 0.5) is 8.78 Å². The van der Waals surface area contributed by atoms with Crippen molar-refractivity contribution in [3.05, 3.63) is 66.9 Å². The monoisotopic (exact) mass is 433 g/mol. The quantitative estimate of drug-likeness (QED) is 0.475. The van der Waals surface area contributed by atoms with Gasteiger partial charge in [-0.05, 0) is 29.7 Å². The molecule has 162 valence electrons. The number of piperidine rings is 1. The second-order valence-corrected chi connectivity index (χ2v) is 8.12. The van der Waals surface area contributed by atoms with Gasteiger partial charge in [0, 0.05) is 55.1 Å². The van der Waals surface area contributed by atoms with Gasteiger partial charge in [-0.1, -0.05) is 24.3 Å². The van der Waals surface area contributed by atoms with Gasteiger partial charge in [0.15, 0.2) is 0 Å². The van der Waals surface area contributed by atoms with Crippen molar-refractivity contribution in [2.75, 3.05) is 13.1 Å². The lowest BCUT2D eigenvalue weighted by Gasteiger charge is -2.32. The Balaban J connectivity index is 1.50. The Morgan fingerprint density at radius 2 is 1.78 bits per heavy atom. The first kappa shape index (κ1) is 20.2. The lowest BCUT2D eigenvalue weighted by atomic mass is 10.0. The van der Waals surface area contributed by atoms with Gasteiger partial charge in [0.05, 0.1) is 18.3 Å². The Hall–Kier alpha value is -3.68. The maximum Gasteiger partial charge on any atom is 0.272 e. The third kappa shape index (κ3) is 3.84. The second kappa shape index (κ2) is 7.78. The van der Waals surface area contributed by atoms with E-state index in [9.17, 15) is 13.6 Å². The van der Waals surface area contributed by atoms with Crippen molar-refractivity contribution in [3.63, 3.8) is 0 Å². The van der Waals surface area contributed by atoms with E-state index in [2.05, 4.69) is 15.1 Å². The van der Waals surface area contributed by atoms with Crippen LogP contribution in [-0.2, 0) is 7.05 Å². The molecule has 0 saturated carbocycles. The zero-order valence-electron chi connectivity index (χ0n) is 17.5. The molecule has 8 heteroatoms. The molecule has 0 spiro atoms. The highest BCUT2D eigenvalue weighted by Crippen LogP contribution is 2.30. The van der Waals surface area contributed by atoms with Crippen LogP contribution in [0.1, 0.15) is 23.3 Å². The standard InChI is InChI=1S/C24H21F2N5O/c1-30-14-19(12-28-30)16-3-5-17(6-4-16)20-13-27-11-18-7-8-21(29-22(18)20)23(32)31-10-2-9-24(25,26)15-31/h3-8,11-14H,2,9-10,15H2,1H3. The van der Waals surface area contributed by atoms with Crippen LogP contribution in [0.2, 0.25) is 0 Å². The predicted octanol–water partition coefficient (Wildman–Crippen LogP) is 4.57. The molecule has 0 bridgehead atoms. The number of hydrogen-bond donors (Lipinski definition) is 0. The number of nitrogens with zero attached hydrogens (tertiary/aromatic N) is 5. The first-order valence-corrected chi connectivity index (χ1v) is 10.4. The molecule has 4 aromatic rings. The minimum Gasteiger partial charge on any atom is -0.331 e. The van der Waals surface area contributed by atoms with Crippen molar-refractivity contribution in [2.45, 2.75) is 18.8 Å². The third-order valence-electron chi connectivity index (χ3n) is 5.73. The summed E-state index contributed by atoms with van der Waals surface area (Å²) in [6.07, 6.45) is 7.23. The highest BCUT2D eigenvalue weighted by atomic mass is 19.3. The molecule has 0 aliphatic carbocycles. The average molecular weight is 433 g/mol. The number of hydrogen-bond acceptors (Lipinski definition) is 4. The first-order chi connectivity index (χ1) is 15.4. The Morgan fingerprint density at radius 1 is 1.00 bits per heavy atom. The molecule has 6 nitrogen and oxygen atoms in total. The van der Waals surface area contributed by atoms with Crippen LogP contribution < -0.4 is 0 Å². The van der Waals surface area contributed by atoms with E-state index >= 15 is 0 Å². The lowest BCUT2D eigenvalue weighted by molar-refractivity contribution is -0.0561. The van der Waals surface area contributed by atoms with E-state index in [4.69, 9.17) is 0 Å². The van der Waals surface area contributed by atoms with E-state index < -0.39 is 18.4 Å². The molecule has 1 saturated heterocycles. The molecule has 0 atom stereocenters. The molecule has 0 radical (unpaired) electrons. The lowest BCUT2D eigenvalue weighted by Crippen LogP contribution is -2.45. The molecular formula is C24H21F2N5O. The number of fused-ring (bicyclic) bond motifs is 1. The van der Waals surface area contributed by atoms with Crippen molar-refractivity contribution < 1.29 is 13.6 Å². The van der Waals surface area contributed by atoms with Crippen molar-refractivity contribution in [1.82, 2.24) is 24.6 Å². The summed E-state index contributed by atoms with van der Waals surface area (Å²) in [4.78, 5) is 23.0. The Labute approximate surface area is 183 Å². The van der Waals surface area contributed by atoms with Crippen LogP contribution in [0.5, 0.6) is 0 Å². The smallest absolute Gasteiger partial charge is 0.272 e. The zero-order chi connectivity index (χ0) is 22.3. The van der Waals surface area contributed by atoms with E-state index in [1.54, 1.807) is 35.4 Å². The van der Waals surface area contributed by atoms with Crippen molar-refractivity contribution in [2.24, 2.45) is 7.05 Å².